The maximum absolute atomic E-state index is 6.95. The molecule has 0 saturated carbocycles. The molecule has 2 nitrogen and oxygen atoms in total. The topological polar surface area (TPSA) is 16.4 Å². The summed E-state index contributed by atoms with van der Waals surface area (Å²) in [6, 6.07) is 83.9. The molecule has 1 aromatic heterocycles. The first kappa shape index (κ1) is 36.8. The third-order valence-electron chi connectivity index (χ3n) is 14.8. The number of benzene rings is 10. The highest BCUT2D eigenvalue weighted by atomic mass is 32.2. The highest BCUT2D eigenvalue weighted by molar-refractivity contribution is 7.99. The van der Waals surface area contributed by atoms with Crippen LogP contribution in [0.3, 0.4) is 0 Å². The van der Waals surface area contributed by atoms with Crippen LogP contribution < -0.4 is 4.90 Å². The van der Waals surface area contributed by atoms with Crippen molar-refractivity contribution in [2.75, 3.05) is 4.90 Å². The Balaban J connectivity index is 1.04. The Morgan fingerprint density at radius 3 is 1.21 bits per heavy atom. The van der Waals surface area contributed by atoms with Crippen LogP contribution in [0.15, 0.2) is 248 Å². The molecule has 15 rings (SSSR count). The molecule has 2 aliphatic heterocycles. The standard InChI is InChI=1S/C62H37NOS2/c1-4-20-46-40(16-1)42-34-32-38(36-52(42)61(46)48-22-6-11-28-56(48)65-57-29-12-7-23-49(57)61)63(54-26-15-19-45-44-18-3-10-27-55(44)64-60(45)54)39-33-35-43-41-17-2-5-21-47(41)62(53(43)37-39)50-24-8-13-30-58(50)66-59-31-14-9-25-51(59)62/h1-37H. The summed E-state index contributed by atoms with van der Waals surface area (Å²) in [5.41, 5.74) is 19.5. The minimum atomic E-state index is -0.520. The number of anilines is 3. The average molecular weight is 876 g/mol. The van der Waals surface area contributed by atoms with Gasteiger partial charge in [-0.3, -0.25) is 0 Å². The molecule has 66 heavy (non-hydrogen) atoms. The van der Waals surface area contributed by atoms with Crippen molar-refractivity contribution in [2.24, 2.45) is 0 Å². The molecule has 0 saturated heterocycles. The van der Waals surface area contributed by atoms with Crippen LogP contribution in [-0.2, 0) is 10.8 Å². The zero-order valence-electron chi connectivity index (χ0n) is 35.5. The maximum Gasteiger partial charge on any atom is 0.159 e. The number of para-hydroxylation sites is 2. The summed E-state index contributed by atoms with van der Waals surface area (Å²) < 4.78 is 6.95. The first-order valence-corrected chi connectivity index (χ1v) is 24.3. The Morgan fingerprint density at radius 1 is 0.318 bits per heavy atom. The normalized spacial score (nSPS) is 14.8. The zero-order valence-corrected chi connectivity index (χ0v) is 37.2. The summed E-state index contributed by atoms with van der Waals surface area (Å²) in [6.07, 6.45) is 0. The van der Waals surface area contributed by atoms with Crippen LogP contribution in [0.25, 0.3) is 44.2 Å². The molecule has 3 heterocycles. The van der Waals surface area contributed by atoms with Crippen molar-refractivity contribution in [3.05, 3.63) is 269 Å². The van der Waals surface area contributed by atoms with E-state index in [-0.39, 0.29) is 0 Å². The quantitative estimate of drug-likeness (QED) is 0.176. The second-order valence-electron chi connectivity index (χ2n) is 17.8. The fourth-order valence-corrected chi connectivity index (χ4v) is 14.7. The number of furan rings is 1. The van der Waals surface area contributed by atoms with Gasteiger partial charge in [0.2, 0.25) is 0 Å². The van der Waals surface area contributed by atoms with Crippen LogP contribution in [0.5, 0.6) is 0 Å². The minimum absolute atomic E-state index is 0.520. The van der Waals surface area contributed by atoms with Gasteiger partial charge in [-0.25, -0.2) is 0 Å². The van der Waals surface area contributed by atoms with E-state index in [2.05, 4.69) is 229 Å². The van der Waals surface area contributed by atoms with E-state index in [1.165, 1.54) is 86.3 Å². The number of hydrogen-bond donors (Lipinski definition) is 0. The number of nitrogens with zero attached hydrogens (tertiary/aromatic N) is 1. The lowest BCUT2D eigenvalue weighted by atomic mass is 9.67. The molecular weight excluding hydrogens is 839 g/mol. The molecule has 0 unspecified atom stereocenters. The fourth-order valence-electron chi connectivity index (χ4n) is 12.3. The molecule has 0 radical (unpaired) electrons. The lowest BCUT2D eigenvalue weighted by Gasteiger charge is -2.40. The van der Waals surface area contributed by atoms with Crippen LogP contribution in [0.2, 0.25) is 0 Å². The van der Waals surface area contributed by atoms with Crippen LogP contribution in [0.4, 0.5) is 17.1 Å². The molecular formula is C62H37NOS2. The van der Waals surface area contributed by atoms with Gasteiger partial charge in [0.15, 0.2) is 5.58 Å². The van der Waals surface area contributed by atoms with Gasteiger partial charge < -0.3 is 9.32 Å². The van der Waals surface area contributed by atoms with Gasteiger partial charge in [0.25, 0.3) is 0 Å². The van der Waals surface area contributed by atoms with E-state index in [0.717, 1.165) is 39.0 Å². The number of fused-ring (bicyclic) bond motifs is 21. The molecule has 4 heteroatoms. The van der Waals surface area contributed by atoms with E-state index in [4.69, 9.17) is 4.42 Å². The van der Waals surface area contributed by atoms with Crippen molar-refractivity contribution in [3.8, 4) is 22.3 Å². The van der Waals surface area contributed by atoms with Crippen LogP contribution in [0, 0.1) is 0 Å². The van der Waals surface area contributed by atoms with Crippen LogP contribution in [-0.4, -0.2) is 0 Å². The highest BCUT2D eigenvalue weighted by Crippen LogP contribution is 2.65. The molecule has 308 valence electrons. The van der Waals surface area contributed by atoms with Gasteiger partial charge in [-0.05, 0) is 127 Å². The first-order valence-electron chi connectivity index (χ1n) is 22.7. The smallest absolute Gasteiger partial charge is 0.159 e. The van der Waals surface area contributed by atoms with Crippen molar-refractivity contribution in [1.82, 2.24) is 0 Å². The molecule has 4 aliphatic rings. The molecule has 0 atom stereocenters. The monoisotopic (exact) mass is 875 g/mol. The van der Waals surface area contributed by atoms with E-state index in [1.54, 1.807) is 0 Å². The lowest BCUT2D eigenvalue weighted by molar-refractivity contribution is 0.669. The van der Waals surface area contributed by atoms with Gasteiger partial charge in [0.1, 0.15) is 5.58 Å². The summed E-state index contributed by atoms with van der Waals surface area (Å²) in [5.74, 6) is 0. The zero-order chi connectivity index (χ0) is 43.1. The second-order valence-corrected chi connectivity index (χ2v) is 20.0. The predicted molar refractivity (Wildman–Crippen MR) is 271 cm³/mol. The molecule has 10 aromatic carbocycles. The Labute approximate surface area is 391 Å². The maximum atomic E-state index is 6.95. The van der Waals surface area contributed by atoms with E-state index >= 15 is 0 Å². The third-order valence-corrected chi connectivity index (χ3v) is 17.1. The lowest BCUT2D eigenvalue weighted by Crippen LogP contribution is -2.32. The summed E-state index contributed by atoms with van der Waals surface area (Å²) in [6.45, 7) is 0. The van der Waals surface area contributed by atoms with Gasteiger partial charge in [0, 0.05) is 41.7 Å². The summed E-state index contributed by atoms with van der Waals surface area (Å²) in [5, 5.41) is 2.21. The SMILES string of the molecule is c1ccc2c(c1)Sc1ccccc1C21c2ccccc2-c2ccc(N(c3ccc4c(c3)C3(c5ccccc5Sc5ccccc53)c3ccccc3-4)c3cccc4c3oc3ccccc34)cc21. The van der Waals surface area contributed by atoms with E-state index in [9.17, 15) is 0 Å². The summed E-state index contributed by atoms with van der Waals surface area (Å²) in [4.78, 5) is 7.65. The molecule has 0 amide bonds. The number of rotatable bonds is 3. The van der Waals surface area contributed by atoms with Gasteiger partial charge in [0.05, 0.1) is 16.5 Å². The van der Waals surface area contributed by atoms with Gasteiger partial charge in [-0.1, -0.05) is 187 Å². The minimum Gasteiger partial charge on any atom is -0.454 e. The second kappa shape index (κ2) is 13.5. The first-order chi connectivity index (χ1) is 32.7. The molecule has 0 bridgehead atoms. The van der Waals surface area contributed by atoms with Crippen molar-refractivity contribution < 1.29 is 4.42 Å². The third kappa shape index (κ3) is 4.65. The Hall–Kier alpha value is -7.50. The largest absolute Gasteiger partial charge is 0.454 e. The average Bonchev–Trinajstić information content (AvgIpc) is 4.00. The fraction of sp³-hybridized carbons (Fsp3) is 0.0323. The molecule has 0 N–H and O–H groups in total. The van der Waals surface area contributed by atoms with Crippen LogP contribution >= 0.6 is 23.5 Å². The Bertz CT molecular complexity index is 3590. The molecule has 0 fully saturated rings. The van der Waals surface area contributed by atoms with E-state index < -0.39 is 10.8 Å². The molecule has 2 spiro atoms. The molecule has 11 aromatic rings. The number of hydrogen-bond acceptors (Lipinski definition) is 4. The van der Waals surface area contributed by atoms with Crippen molar-refractivity contribution >= 4 is 62.5 Å². The summed E-state index contributed by atoms with van der Waals surface area (Å²) >= 11 is 3.77. The Morgan fingerprint density at radius 2 is 0.712 bits per heavy atom. The van der Waals surface area contributed by atoms with Crippen LogP contribution in [0.1, 0.15) is 44.5 Å². The van der Waals surface area contributed by atoms with Gasteiger partial charge in [-0.15, -0.1) is 0 Å². The van der Waals surface area contributed by atoms with E-state index in [0.29, 0.717) is 0 Å². The highest BCUT2D eigenvalue weighted by Gasteiger charge is 2.52. The van der Waals surface area contributed by atoms with Crippen molar-refractivity contribution in [1.29, 1.82) is 0 Å². The van der Waals surface area contributed by atoms with Crippen molar-refractivity contribution in [2.45, 2.75) is 30.4 Å². The molecule has 2 aliphatic carbocycles. The van der Waals surface area contributed by atoms with Gasteiger partial charge in [-0.2, -0.15) is 0 Å². The van der Waals surface area contributed by atoms with E-state index in [1.807, 2.05) is 23.5 Å². The Kier molecular flexibility index (Phi) is 7.54. The van der Waals surface area contributed by atoms with Crippen molar-refractivity contribution in [3.63, 3.8) is 0 Å². The van der Waals surface area contributed by atoms with Gasteiger partial charge >= 0.3 is 0 Å². The predicted octanol–water partition coefficient (Wildman–Crippen LogP) is 16.7. The summed E-state index contributed by atoms with van der Waals surface area (Å²) in [7, 11) is 0.